The van der Waals surface area contributed by atoms with Crippen LogP contribution in [0.1, 0.15) is 10.4 Å². The van der Waals surface area contributed by atoms with Crippen LogP contribution in [0.5, 0.6) is 0 Å². The minimum atomic E-state index is -0.826. The molecular weight excluding hydrogens is 194 g/mol. The number of rotatable bonds is 1. The van der Waals surface area contributed by atoms with Gasteiger partial charge in [0.15, 0.2) is 11.8 Å². The number of para-hydroxylation sites is 1. The lowest BCUT2D eigenvalue weighted by Crippen LogP contribution is -2.40. The highest BCUT2D eigenvalue weighted by molar-refractivity contribution is 6.20. The minimum absolute atomic E-state index is 0.194. The molecule has 2 rings (SSSR count). The number of fused-ring (bicyclic) bond motifs is 1. The molecule has 4 heteroatoms. The molecule has 1 aliphatic heterocycles. The van der Waals surface area contributed by atoms with Crippen molar-refractivity contribution in [2.45, 2.75) is 6.04 Å². The molecule has 0 bridgehead atoms. The van der Waals surface area contributed by atoms with Crippen LogP contribution in [0.2, 0.25) is 0 Å². The quantitative estimate of drug-likeness (QED) is 0.504. The van der Waals surface area contributed by atoms with Gasteiger partial charge in [0.05, 0.1) is 7.11 Å². The molecule has 0 saturated heterocycles. The van der Waals surface area contributed by atoms with Crippen molar-refractivity contribution in [1.82, 2.24) is 0 Å². The monoisotopic (exact) mass is 205 g/mol. The standard InChI is InChI=1S/C11H11NO3/c1-12-8-6-4-3-5-7(8)10(13)9(12)11(14)15-2/h3-6,9H,1-2H3. The van der Waals surface area contributed by atoms with Gasteiger partial charge in [-0.15, -0.1) is 0 Å². The number of carbonyl (C=O) groups is 2. The van der Waals surface area contributed by atoms with Crippen LogP contribution < -0.4 is 4.90 Å². The minimum Gasteiger partial charge on any atom is -0.467 e. The predicted molar refractivity (Wildman–Crippen MR) is 55.0 cm³/mol. The van der Waals surface area contributed by atoms with Gasteiger partial charge >= 0.3 is 5.97 Å². The van der Waals surface area contributed by atoms with E-state index >= 15 is 0 Å². The van der Waals surface area contributed by atoms with Crippen molar-refractivity contribution in [3.05, 3.63) is 29.8 Å². The van der Waals surface area contributed by atoms with Gasteiger partial charge in [0.25, 0.3) is 0 Å². The van der Waals surface area contributed by atoms with E-state index in [2.05, 4.69) is 4.74 Å². The van der Waals surface area contributed by atoms with Crippen LogP contribution in [-0.4, -0.2) is 32.0 Å². The molecule has 1 aromatic carbocycles. The normalized spacial score (nSPS) is 18.9. The van der Waals surface area contributed by atoms with Crippen LogP contribution >= 0.6 is 0 Å². The molecule has 0 radical (unpaired) electrons. The van der Waals surface area contributed by atoms with Crippen LogP contribution in [0.3, 0.4) is 0 Å². The molecule has 78 valence electrons. The van der Waals surface area contributed by atoms with Crippen molar-refractivity contribution in [3.8, 4) is 0 Å². The first-order valence-corrected chi connectivity index (χ1v) is 4.60. The molecule has 1 heterocycles. The fourth-order valence-electron chi connectivity index (χ4n) is 1.83. The zero-order valence-corrected chi connectivity index (χ0v) is 8.56. The van der Waals surface area contributed by atoms with E-state index in [4.69, 9.17) is 0 Å². The molecule has 0 N–H and O–H groups in total. The summed E-state index contributed by atoms with van der Waals surface area (Å²) >= 11 is 0. The summed E-state index contributed by atoms with van der Waals surface area (Å²) in [6.07, 6.45) is 0. The zero-order chi connectivity index (χ0) is 11.0. The lowest BCUT2D eigenvalue weighted by molar-refractivity contribution is -0.140. The van der Waals surface area contributed by atoms with Crippen LogP contribution in [0, 0.1) is 0 Å². The van der Waals surface area contributed by atoms with Gasteiger partial charge in [-0.1, -0.05) is 12.1 Å². The molecule has 0 fully saturated rings. The average molecular weight is 205 g/mol. The van der Waals surface area contributed by atoms with E-state index in [-0.39, 0.29) is 5.78 Å². The number of hydrogen-bond acceptors (Lipinski definition) is 4. The third-order valence-electron chi connectivity index (χ3n) is 2.61. The van der Waals surface area contributed by atoms with Gasteiger partial charge in [-0.2, -0.15) is 0 Å². The van der Waals surface area contributed by atoms with Gasteiger partial charge in [-0.25, -0.2) is 4.79 Å². The van der Waals surface area contributed by atoms with E-state index in [0.717, 1.165) is 5.69 Å². The van der Waals surface area contributed by atoms with Gasteiger partial charge in [-0.05, 0) is 12.1 Å². The number of ether oxygens (including phenoxy) is 1. The maximum Gasteiger partial charge on any atom is 0.336 e. The molecule has 0 amide bonds. The van der Waals surface area contributed by atoms with Gasteiger partial charge in [0, 0.05) is 18.3 Å². The number of Topliss-reactive ketones (excluding diaryl/α,β-unsaturated/α-hetero) is 1. The Bertz CT molecular complexity index is 428. The molecule has 1 atom stereocenters. The molecule has 0 spiro atoms. The molecule has 0 saturated carbocycles. The largest absolute Gasteiger partial charge is 0.467 e. The zero-order valence-electron chi connectivity index (χ0n) is 8.56. The Kier molecular flexibility index (Phi) is 2.19. The number of esters is 1. The molecule has 4 nitrogen and oxygen atoms in total. The second-order valence-electron chi connectivity index (χ2n) is 3.42. The lowest BCUT2D eigenvalue weighted by Gasteiger charge is -2.18. The van der Waals surface area contributed by atoms with E-state index in [0.29, 0.717) is 5.56 Å². The summed E-state index contributed by atoms with van der Waals surface area (Å²) in [5, 5.41) is 0. The van der Waals surface area contributed by atoms with Crippen molar-refractivity contribution in [1.29, 1.82) is 0 Å². The topological polar surface area (TPSA) is 46.6 Å². The highest BCUT2D eigenvalue weighted by Crippen LogP contribution is 2.30. The van der Waals surface area contributed by atoms with Crippen molar-refractivity contribution in [2.24, 2.45) is 0 Å². The average Bonchev–Trinajstić information content (AvgIpc) is 2.52. The first kappa shape index (κ1) is 9.71. The van der Waals surface area contributed by atoms with Gasteiger partial charge in [0.2, 0.25) is 0 Å². The van der Waals surface area contributed by atoms with Crippen molar-refractivity contribution >= 4 is 17.4 Å². The van der Waals surface area contributed by atoms with E-state index in [1.165, 1.54) is 7.11 Å². The number of carbonyl (C=O) groups excluding carboxylic acids is 2. The Balaban J connectivity index is 2.45. The Labute approximate surface area is 87.4 Å². The highest BCUT2D eigenvalue weighted by atomic mass is 16.5. The van der Waals surface area contributed by atoms with Gasteiger partial charge in [-0.3, -0.25) is 4.79 Å². The number of likely N-dealkylation sites (N-methyl/N-ethyl adjacent to an activating group) is 1. The third kappa shape index (κ3) is 1.29. The summed E-state index contributed by atoms with van der Waals surface area (Å²) in [5.41, 5.74) is 1.35. The number of benzene rings is 1. The lowest BCUT2D eigenvalue weighted by atomic mass is 10.1. The Morgan fingerprint density at radius 3 is 2.67 bits per heavy atom. The molecule has 1 aromatic rings. The fraction of sp³-hybridized carbons (Fsp3) is 0.273. The molecule has 0 aliphatic carbocycles. The number of nitrogens with zero attached hydrogens (tertiary/aromatic N) is 1. The Morgan fingerprint density at radius 2 is 2.07 bits per heavy atom. The Hall–Kier alpha value is -1.84. The fourth-order valence-corrected chi connectivity index (χ4v) is 1.83. The number of anilines is 1. The maximum atomic E-state index is 11.9. The highest BCUT2D eigenvalue weighted by Gasteiger charge is 2.40. The van der Waals surface area contributed by atoms with Crippen LogP contribution in [0.4, 0.5) is 5.69 Å². The van der Waals surface area contributed by atoms with E-state index in [1.54, 1.807) is 24.1 Å². The summed E-state index contributed by atoms with van der Waals surface area (Å²) in [5.74, 6) is -0.710. The van der Waals surface area contributed by atoms with Crippen molar-refractivity contribution in [3.63, 3.8) is 0 Å². The smallest absolute Gasteiger partial charge is 0.336 e. The van der Waals surface area contributed by atoms with E-state index in [1.807, 2.05) is 12.1 Å². The number of methoxy groups -OCH3 is 1. The summed E-state index contributed by atoms with van der Waals surface area (Å²) in [6.45, 7) is 0. The Morgan fingerprint density at radius 1 is 1.40 bits per heavy atom. The SMILES string of the molecule is COC(=O)C1C(=O)c2ccccc2N1C. The second kappa shape index (κ2) is 3.38. The first-order valence-electron chi connectivity index (χ1n) is 4.60. The summed E-state index contributed by atoms with van der Waals surface area (Å²) in [4.78, 5) is 24.9. The number of ketones is 1. The summed E-state index contributed by atoms with van der Waals surface area (Å²) < 4.78 is 4.60. The second-order valence-corrected chi connectivity index (χ2v) is 3.42. The molecular formula is C11H11NO3. The third-order valence-corrected chi connectivity index (χ3v) is 2.61. The van der Waals surface area contributed by atoms with Crippen molar-refractivity contribution < 1.29 is 14.3 Å². The first-order chi connectivity index (χ1) is 7.16. The molecule has 1 unspecified atom stereocenters. The van der Waals surface area contributed by atoms with Crippen LogP contribution in [-0.2, 0) is 9.53 Å². The summed E-state index contributed by atoms with van der Waals surface area (Å²) in [7, 11) is 3.00. The van der Waals surface area contributed by atoms with Gasteiger partial charge < -0.3 is 9.64 Å². The van der Waals surface area contributed by atoms with E-state index < -0.39 is 12.0 Å². The van der Waals surface area contributed by atoms with Gasteiger partial charge in [0.1, 0.15) is 0 Å². The number of hydrogen-bond donors (Lipinski definition) is 0. The van der Waals surface area contributed by atoms with Crippen molar-refractivity contribution in [2.75, 3.05) is 19.1 Å². The van der Waals surface area contributed by atoms with E-state index in [9.17, 15) is 9.59 Å². The molecule has 15 heavy (non-hydrogen) atoms. The van der Waals surface area contributed by atoms with Crippen LogP contribution in [0.15, 0.2) is 24.3 Å². The molecule has 1 aliphatic rings. The maximum absolute atomic E-state index is 11.9. The van der Waals surface area contributed by atoms with Crippen LogP contribution in [0.25, 0.3) is 0 Å². The molecule has 0 aromatic heterocycles. The summed E-state index contributed by atoms with van der Waals surface area (Å²) in [6, 6.07) is 6.33. The predicted octanol–water partition coefficient (Wildman–Crippen LogP) is 0.861.